The molecule has 0 radical (unpaired) electrons. The minimum absolute atomic E-state index is 0.220. The van der Waals surface area contributed by atoms with Crippen LogP contribution in [0.4, 0.5) is 15.8 Å². The summed E-state index contributed by atoms with van der Waals surface area (Å²) in [5, 5.41) is 4.67. The Morgan fingerprint density at radius 2 is 1.90 bits per heavy atom. The molecule has 4 rings (SSSR count). The van der Waals surface area contributed by atoms with Gasteiger partial charge in [-0.25, -0.2) is 4.39 Å². The van der Waals surface area contributed by atoms with Crippen LogP contribution < -0.4 is 4.90 Å². The summed E-state index contributed by atoms with van der Waals surface area (Å²) in [7, 11) is 1.91. The molecule has 0 saturated heterocycles. The van der Waals surface area contributed by atoms with E-state index >= 15 is 4.39 Å². The smallest absolute Gasteiger partial charge is 0.129 e. The first-order valence-corrected chi connectivity index (χ1v) is 9.70. The van der Waals surface area contributed by atoms with E-state index in [1.807, 2.05) is 69.8 Å². The Kier molecular flexibility index (Phi) is 4.61. The molecule has 5 heteroatoms. The van der Waals surface area contributed by atoms with E-state index in [2.05, 4.69) is 21.6 Å². The number of nitrogens with zero attached hydrogens (tertiary/aromatic N) is 4. The molecule has 2 aromatic carbocycles. The third-order valence-electron chi connectivity index (χ3n) is 5.67. The van der Waals surface area contributed by atoms with E-state index in [-0.39, 0.29) is 11.9 Å². The van der Waals surface area contributed by atoms with Crippen molar-refractivity contribution in [1.29, 1.82) is 0 Å². The summed E-state index contributed by atoms with van der Waals surface area (Å²) in [6.07, 6.45) is 1.78. The van der Waals surface area contributed by atoms with Crippen LogP contribution in [0, 0.1) is 26.6 Å². The molecule has 29 heavy (non-hydrogen) atoms. The number of rotatable bonds is 3. The maximum Gasteiger partial charge on any atom is 0.129 e. The summed E-state index contributed by atoms with van der Waals surface area (Å²) in [5.41, 5.74) is 8.01. The molecule has 0 N–H and O–H groups in total. The first-order chi connectivity index (χ1) is 13.8. The Morgan fingerprint density at radius 1 is 1.14 bits per heavy atom. The second-order valence-corrected chi connectivity index (χ2v) is 7.57. The lowest BCUT2D eigenvalue weighted by atomic mass is 9.97. The highest BCUT2D eigenvalue weighted by molar-refractivity contribution is 5.87. The molecule has 1 atom stereocenters. The maximum absolute atomic E-state index is 15.1. The summed E-state index contributed by atoms with van der Waals surface area (Å²) in [6.45, 7) is 12.2. The van der Waals surface area contributed by atoms with Gasteiger partial charge in [-0.05, 0) is 57.0 Å². The van der Waals surface area contributed by atoms with Crippen molar-refractivity contribution in [2.45, 2.75) is 33.7 Å². The third kappa shape index (κ3) is 2.97. The number of aryl methyl sites for hydroxylation is 3. The molecule has 148 valence electrons. The second kappa shape index (κ2) is 6.99. The average Bonchev–Trinajstić information content (AvgIpc) is 3.12. The van der Waals surface area contributed by atoms with Crippen LogP contribution in [0.25, 0.3) is 5.70 Å². The molecule has 1 aromatic heterocycles. The van der Waals surface area contributed by atoms with Crippen LogP contribution in [0.3, 0.4) is 0 Å². The number of halogens is 1. The summed E-state index contributed by atoms with van der Waals surface area (Å²) in [4.78, 5) is 6.56. The maximum atomic E-state index is 15.1. The SMILES string of the molecule is C=C1c2nn(C)c(C)c2C(c2ccc(C)cc2F)N1c1ccc(C)c(N=CC)c1. The van der Waals surface area contributed by atoms with Crippen molar-refractivity contribution in [3.8, 4) is 0 Å². The van der Waals surface area contributed by atoms with Gasteiger partial charge in [0.25, 0.3) is 0 Å². The number of fused-ring (bicyclic) bond motifs is 1. The van der Waals surface area contributed by atoms with Crippen molar-refractivity contribution in [3.63, 3.8) is 0 Å². The van der Waals surface area contributed by atoms with Gasteiger partial charge in [0.2, 0.25) is 0 Å². The van der Waals surface area contributed by atoms with Gasteiger partial charge in [-0.3, -0.25) is 9.67 Å². The van der Waals surface area contributed by atoms with Crippen LogP contribution in [0.1, 0.15) is 46.6 Å². The highest BCUT2D eigenvalue weighted by atomic mass is 19.1. The molecule has 0 saturated carbocycles. The zero-order valence-electron chi connectivity index (χ0n) is 17.5. The molecule has 1 aliphatic rings. The van der Waals surface area contributed by atoms with Crippen molar-refractivity contribution in [2.75, 3.05) is 4.90 Å². The van der Waals surface area contributed by atoms with Crippen LogP contribution in [0.2, 0.25) is 0 Å². The monoisotopic (exact) mass is 388 g/mol. The molecule has 0 aliphatic carbocycles. The molecule has 4 nitrogen and oxygen atoms in total. The van der Waals surface area contributed by atoms with Gasteiger partial charge in [-0.15, -0.1) is 0 Å². The predicted molar refractivity (Wildman–Crippen MR) is 117 cm³/mol. The summed E-state index contributed by atoms with van der Waals surface area (Å²) >= 11 is 0. The van der Waals surface area contributed by atoms with E-state index in [0.717, 1.165) is 45.2 Å². The van der Waals surface area contributed by atoms with Crippen LogP contribution in [0.15, 0.2) is 48.0 Å². The van der Waals surface area contributed by atoms with Crippen molar-refractivity contribution in [3.05, 3.63) is 82.4 Å². The van der Waals surface area contributed by atoms with Crippen molar-refractivity contribution in [1.82, 2.24) is 9.78 Å². The first kappa shape index (κ1) is 19.1. The number of aliphatic imine (C=N–C) groups is 1. The molecule has 3 aromatic rings. The molecule has 0 amide bonds. The Hall–Kier alpha value is -3.21. The van der Waals surface area contributed by atoms with Gasteiger partial charge >= 0.3 is 0 Å². The van der Waals surface area contributed by atoms with E-state index in [1.165, 1.54) is 0 Å². The molecule has 0 fully saturated rings. The summed E-state index contributed by atoms with van der Waals surface area (Å²) < 4.78 is 16.9. The zero-order chi connectivity index (χ0) is 20.9. The number of anilines is 1. The minimum Gasteiger partial charge on any atom is -0.328 e. The quantitative estimate of drug-likeness (QED) is 0.532. The normalized spacial score (nSPS) is 16.1. The highest BCUT2D eigenvalue weighted by Gasteiger charge is 2.40. The molecule has 0 spiro atoms. The standard InChI is InChI=1S/C24H25FN4/c1-7-26-21-13-18(10-9-15(21)3)29-17(5)23-22(16(4)28(6)27-23)24(29)19-11-8-14(2)12-20(19)25/h7-13,24H,5H2,1-4,6H3. The highest BCUT2D eigenvalue weighted by Crippen LogP contribution is 2.49. The lowest BCUT2D eigenvalue weighted by Crippen LogP contribution is -2.23. The first-order valence-electron chi connectivity index (χ1n) is 9.70. The van der Waals surface area contributed by atoms with Gasteiger partial charge in [0, 0.05) is 35.8 Å². The van der Waals surface area contributed by atoms with Crippen LogP contribution in [-0.4, -0.2) is 16.0 Å². The molecule has 1 aliphatic heterocycles. The van der Waals surface area contributed by atoms with Gasteiger partial charge in [-0.2, -0.15) is 5.10 Å². The number of hydrogen-bond acceptors (Lipinski definition) is 3. The van der Waals surface area contributed by atoms with E-state index < -0.39 is 0 Å². The van der Waals surface area contributed by atoms with E-state index in [9.17, 15) is 0 Å². The Labute approximate surface area is 171 Å². The topological polar surface area (TPSA) is 33.4 Å². The fourth-order valence-electron chi connectivity index (χ4n) is 4.04. The van der Waals surface area contributed by atoms with Crippen LogP contribution in [0.5, 0.6) is 0 Å². The average molecular weight is 388 g/mol. The lowest BCUT2D eigenvalue weighted by molar-refractivity contribution is 0.597. The summed E-state index contributed by atoms with van der Waals surface area (Å²) in [5.74, 6) is -0.220. The van der Waals surface area contributed by atoms with Crippen LogP contribution >= 0.6 is 0 Å². The molecule has 2 heterocycles. The van der Waals surface area contributed by atoms with E-state index in [1.54, 1.807) is 12.3 Å². The van der Waals surface area contributed by atoms with E-state index in [0.29, 0.717) is 5.56 Å². The van der Waals surface area contributed by atoms with Gasteiger partial charge in [-0.1, -0.05) is 24.8 Å². The molecular weight excluding hydrogens is 363 g/mol. The zero-order valence-corrected chi connectivity index (χ0v) is 17.5. The summed E-state index contributed by atoms with van der Waals surface area (Å²) in [6, 6.07) is 11.2. The fourth-order valence-corrected chi connectivity index (χ4v) is 4.04. The van der Waals surface area contributed by atoms with Crippen molar-refractivity contribution < 1.29 is 4.39 Å². The fraction of sp³-hybridized carbons (Fsp3) is 0.250. The van der Waals surface area contributed by atoms with E-state index in [4.69, 9.17) is 0 Å². The molecule has 1 unspecified atom stereocenters. The van der Waals surface area contributed by atoms with Gasteiger partial charge in [0.15, 0.2) is 0 Å². The van der Waals surface area contributed by atoms with Crippen molar-refractivity contribution in [2.24, 2.45) is 12.0 Å². The minimum atomic E-state index is -0.326. The predicted octanol–water partition coefficient (Wildman–Crippen LogP) is 5.79. The van der Waals surface area contributed by atoms with Crippen LogP contribution in [-0.2, 0) is 7.05 Å². The third-order valence-corrected chi connectivity index (χ3v) is 5.67. The largest absolute Gasteiger partial charge is 0.328 e. The lowest BCUT2D eigenvalue weighted by Gasteiger charge is -2.30. The number of hydrogen-bond donors (Lipinski definition) is 0. The Bertz CT molecular complexity index is 1160. The Balaban J connectivity index is 1.95. The van der Waals surface area contributed by atoms with Gasteiger partial charge in [0.05, 0.1) is 17.4 Å². The molecule has 0 bridgehead atoms. The Morgan fingerprint density at radius 3 is 2.59 bits per heavy atom. The number of benzene rings is 2. The van der Waals surface area contributed by atoms with Gasteiger partial charge in [0.1, 0.15) is 11.5 Å². The van der Waals surface area contributed by atoms with Gasteiger partial charge < -0.3 is 4.90 Å². The number of aromatic nitrogens is 2. The second-order valence-electron chi connectivity index (χ2n) is 7.57. The molecular formula is C24H25FN4. The van der Waals surface area contributed by atoms with Crippen molar-refractivity contribution >= 4 is 23.3 Å².